The summed E-state index contributed by atoms with van der Waals surface area (Å²) in [6, 6.07) is 6.49. The molecule has 1 aliphatic rings. The minimum Gasteiger partial charge on any atom is -0.468 e. The van der Waals surface area contributed by atoms with Crippen molar-refractivity contribution in [2.75, 3.05) is 25.6 Å². The molecule has 1 fully saturated rings. The van der Waals surface area contributed by atoms with Gasteiger partial charge in [0, 0.05) is 19.3 Å². The van der Waals surface area contributed by atoms with Gasteiger partial charge < -0.3 is 15.4 Å². The second-order valence-corrected chi connectivity index (χ2v) is 5.81. The van der Waals surface area contributed by atoms with Crippen LogP contribution in [0.1, 0.15) is 25.7 Å². The van der Waals surface area contributed by atoms with Crippen molar-refractivity contribution in [1.29, 1.82) is 0 Å². The monoisotopic (exact) mass is 294 g/mol. The van der Waals surface area contributed by atoms with Gasteiger partial charge in [0.05, 0.1) is 7.11 Å². The van der Waals surface area contributed by atoms with Gasteiger partial charge in [0.2, 0.25) is 0 Å². The van der Waals surface area contributed by atoms with Crippen LogP contribution in [0.3, 0.4) is 0 Å². The van der Waals surface area contributed by atoms with E-state index in [2.05, 4.69) is 0 Å². The van der Waals surface area contributed by atoms with E-state index in [1.165, 1.54) is 19.2 Å². The minimum absolute atomic E-state index is 0.112. The number of esters is 1. The molecule has 5 heteroatoms. The number of methoxy groups -OCH3 is 1. The number of nitrogens with two attached hydrogens (primary N) is 1. The molecule has 2 N–H and O–H groups in total. The molecule has 2 atom stereocenters. The Morgan fingerprint density at radius 3 is 3.00 bits per heavy atom. The van der Waals surface area contributed by atoms with Gasteiger partial charge in [-0.25, -0.2) is 4.39 Å². The Morgan fingerprint density at radius 2 is 2.33 bits per heavy atom. The molecule has 0 aromatic heterocycles. The van der Waals surface area contributed by atoms with Gasteiger partial charge in [0.1, 0.15) is 11.4 Å². The van der Waals surface area contributed by atoms with E-state index in [9.17, 15) is 9.18 Å². The molecule has 0 bridgehead atoms. The standard InChI is InChI=1S/C16H23FN2O2/c1-19(14-7-3-6-13(17)11-14)10-8-12-5-4-9-16(12,18)15(20)21-2/h3,6-7,11-12H,4-5,8-10,18H2,1-2H3. The molecule has 21 heavy (non-hydrogen) atoms. The van der Waals surface area contributed by atoms with Gasteiger partial charge in [-0.15, -0.1) is 0 Å². The van der Waals surface area contributed by atoms with Gasteiger partial charge >= 0.3 is 5.97 Å². The summed E-state index contributed by atoms with van der Waals surface area (Å²) in [7, 11) is 3.30. The van der Waals surface area contributed by atoms with Crippen molar-refractivity contribution in [3.8, 4) is 0 Å². The lowest BCUT2D eigenvalue weighted by Gasteiger charge is -2.30. The molecule has 2 unspecified atom stereocenters. The summed E-state index contributed by atoms with van der Waals surface area (Å²) in [5.41, 5.74) is 6.22. The molecule has 2 rings (SSSR count). The number of halogens is 1. The molecule has 1 aliphatic carbocycles. The van der Waals surface area contributed by atoms with E-state index in [1.807, 2.05) is 18.0 Å². The number of rotatable bonds is 5. The van der Waals surface area contributed by atoms with E-state index in [-0.39, 0.29) is 17.7 Å². The van der Waals surface area contributed by atoms with Crippen molar-refractivity contribution in [3.05, 3.63) is 30.1 Å². The summed E-state index contributed by atoms with van der Waals surface area (Å²) >= 11 is 0. The summed E-state index contributed by atoms with van der Waals surface area (Å²) in [6.45, 7) is 0.726. The third kappa shape index (κ3) is 3.35. The Balaban J connectivity index is 1.97. The summed E-state index contributed by atoms with van der Waals surface area (Å²) < 4.78 is 18.1. The fraction of sp³-hybridized carbons (Fsp3) is 0.562. The number of ether oxygens (including phenoxy) is 1. The number of hydrogen-bond donors (Lipinski definition) is 1. The average Bonchev–Trinajstić information content (AvgIpc) is 2.86. The number of carbonyl (C=O) groups is 1. The maximum Gasteiger partial charge on any atom is 0.326 e. The van der Waals surface area contributed by atoms with E-state index < -0.39 is 5.54 Å². The van der Waals surface area contributed by atoms with Crippen LogP contribution in [0, 0.1) is 11.7 Å². The first kappa shape index (κ1) is 15.8. The highest BCUT2D eigenvalue weighted by Crippen LogP contribution is 2.37. The number of nitrogens with zero attached hydrogens (tertiary/aromatic N) is 1. The predicted octanol–water partition coefficient (Wildman–Crippen LogP) is 2.32. The summed E-state index contributed by atoms with van der Waals surface area (Å²) in [4.78, 5) is 13.9. The van der Waals surface area contributed by atoms with Crippen molar-refractivity contribution in [1.82, 2.24) is 0 Å². The van der Waals surface area contributed by atoms with Crippen molar-refractivity contribution in [2.24, 2.45) is 11.7 Å². The van der Waals surface area contributed by atoms with Gasteiger partial charge in [0.15, 0.2) is 0 Å². The van der Waals surface area contributed by atoms with Crippen LogP contribution >= 0.6 is 0 Å². The zero-order chi connectivity index (χ0) is 15.5. The van der Waals surface area contributed by atoms with E-state index in [0.29, 0.717) is 6.42 Å². The van der Waals surface area contributed by atoms with E-state index in [0.717, 1.165) is 31.5 Å². The Kier molecular flexibility index (Phi) is 4.83. The van der Waals surface area contributed by atoms with Gasteiger partial charge in [-0.3, -0.25) is 4.79 Å². The number of carbonyl (C=O) groups excluding carboxylic acids is 1. The molecule has 0 aliphatic heterocycles. The fourth-order valence-electron chi connectivity index (χ4n) is 3.16. The van der Waals surface area contributed by atoms with Crippen molar-refractivity contribution in [3.63, 3.8) is 0 Å². The van der Waals surface area contributed by atoms with Crippen LogP contribution in [0.15, 0.2) is 24.3 Å². The molecule has 1 aromatic carbocycles. The number of hydrogen-bond acceptors (Lipinski definition) is 4. The largest absolute Gasteiger partial charge is 0.468 e. The Morgan fingerprint density at radius 1 is 1.57 bits per heavy atom. The molecule has 0 heterocycles. The van der Waals surface area contributed by atoms with Crippen LogP contribution in [-0.4, -0.2) is 32.2 Å². The first-order chi connectivity index (χ1) is 9.97. The molecule has 0 spiro atoms. The molecule has 116 valence electrons. The highest BCUT2D eigenvalue weighted by atomic mass is 19.1. The molecule has 0 radical (unpaired) electrons. The third-order valence-electron chi connectivity index (χ3n) is 4.50. The highest BCUT2D eigenvalue weighted by molar-refractivity contribution is 5.81. The van der Waals surface area contributed by atoms with Gasteiger partial charge in [-0.05, 0) is 43.4 Å². The third-order valence-corrected chi connectivity index (χ3v) is 4.50. The quantitative estimate of drug-likeness (QED) is 0.847. The van der Waals surface area contributed by atoms with Crippen LogP contribution in [0.2, 0.25) is 0 Å². The van der Waals surface area contributed by atoms with Gasteiger partial charge in [-0.1, -0.05) is 12.5 Å². The normalized spacial score (nSPS) is 24.9. The molecule has 0 saturated heterocycles. The van der Waals surface area contributed by atoms with Crippen molar-refractivity contribution in [2.45, 2.75) is 31.2 Å². The molecular weight excluding hydrogens is 271 g/mol. The second-order valence-electron chi connectivity index (χ2n) is 5.81. The Labute approximate surface area is 125 Å². The van der Waals surface area contributed by atoms with Crippen LogP contribution in [0.4, 0.5) is 10.1 Å². The topological polar surface area (TPSA) is 55.6 Å². The summed E-state index contributed by atoms with van der Waals surface area (Å²) in [6.07, 6.45) is 3.34. The van der Waals surface area contributed by atoms with Crippen LogP contribution in [0.25, 0.3) is 0 Å². The second kappa shape index (κ2) is 6.43. The van der Waals surface area contributed by atoms with E-state index in [4.69, 9.17) is 10.5 Å². The molecule has 4 nitrogen and oxygen atoms in total. The van der Waals surface area contributed by atoms with Crippen LogP contribution in [-0.2, 0) is 9.53 Å². The lowest BCUT2D eigenvalue weighted by Crippen LogP contribution is -2.52. The Bertz CT molecular complexity index is 509. The predicted molar refractivity (Wildman–Crippen MR) is 80.6 cm³/mol. The molecule has 1 saturated carbocycles. The van der Waals surface area contributed by atoms with Gasteiger partial charge in [0.25, 0.3) is 0 Å². The lowest BCUT2D eigenvalue weighted by molar-refractivity contribution is -0.148. The minimum atomic E-state index is -0.864. The summed E-state index contributed by atoms with van der Waals surface area (Å²) in [5.74, 6) is -0.456. The maximum atomic E-state index is 13.2. The lowest BCUT2D eigenvalue weighted by atomic mass is 9.85. The fourth-order valence-corrected chi connectivity index (χ4v) is 3.16. The number of benzene rings is 1. The van der Waals surface area contributed by atoms with Gasteiger partial charge in [-0.2, -0.15) is 0 Å². The van der Waals surface area contributed by atoms with Crippen LogP contribution in [0.5, 0.6) is 0 Å². The molecule has 1 aromatic rings. The summed E-state index contributed by atoms with van der Waals surface area (Å²) in [5, 5.41) is 0. The average molecular weight is 294 g/mol. The van der Waals surface area contributed by atoms with E-state index >= 15 is 0 Å². The van der Waals surface area contributed by atoms with Crippen molar-refractivity contribution < 1.29 is 13.9 Å². The van der Waals surface area contributed by atoms with E-state index in [1.54, 1.807) is 6.07 Å². The Hall–Kier alpha value is -1.62. The molecule has 0 amide bonds. The number of anilines is 1. The first-order valence-corrected chi connectivity index (χ1v) is 7.31. The smallest absolute Gasteiger partial charge is 0.326 e. The highest BCUT2D eigenvalue weighted by Gasteiger charge is 2.46. The zero-order valence-corrected chi connectivity index (χ0v) is 12.6. The maximum absolute atomic E-state index is 13.2. The SMILES string of the molecule is COC(=O)C1(N)CCCC1CCN(C)c1cccc(F)c1. The first-order valence-electron chi connectivity index (χ1n) is 7.31. The zero-order valence-electron chi connectivity index (χ0n) is 12.6. The molecular formula is C16H23FN2O2. The van der Waals surface area contributed by atoms with Crippen molar-refractivity contribution >= 4 is 11.7 Å². The van der Waals surface area contributed by atoms with Crippen LogP contribution < -0.4 is 10.6 Å².